The van der Waals surface area contributed by atoms with Crippen molar-refractivity contribution in [1.82, 2.24) is 0 Å². The lowest BCUT2D eigenvalue weighted by Gasteiger charge is -2.42. The second-order valence-electron chi connectivity index (χ2n) is 9.19. The second kappa shape index (κ2) is 18.8. The van der Waals surface area contributed by atoms with Gasteiger partial charge in [0.05, 0.1) is 19.3 Å². The van der Waals surface area contributed by atoms with Gasteiger partial charge in [-0.1, -0.05) is 64.7 Å². The lowest BCUT2D eigenvalue weighted by atomic mass is 9.98. The molecule has 0 aliphatic carbocycles. The molecule has 1 aliphatic heterocycles. The van der Waals surface area contributed by atoms with Crippen LogP contribution in [0.1, 0.15) is 77.6 Å². The summed E-state index contributed by atoms with van der Waals surface area (Å²) in [4.78, 5) is 0. The van der Waals surface area contributed by atoms with Gasteiger partial charge in [0.1, 0.15) is 36.6 Å². The van der Waals surface area contributed by atoms with Gasteiger partial charge in [0, 0.05) is 13.2 Å². The van der Waals surface area contributed by atoms with Crippen LogP contribution in [0.3, 0.4) is 0 Å². The van der Waals surface area contributed by atoms with Crippen LogP contribution >= 0.6 is 0 Å². The van der Waals surface area contributed by atoms with E-state index < -0.39 is 62.2 Å². The highest BCUT2D eigenvalue weighted by Crippen LogP contribution is 2.25. The van der Waals surface area contributed by atoms with E-state index in [0.29, 0.717) is 6.61 Å². The molecule has 1 saturated heterocycles. The van der Waals surface area contributed by atoms with Gasteiger partial charge in [0.2, 0.25) is 0 Å². The van der Waals surface area contributed by atoms with Crippen LogP contribution in [0.5, 0.6) is 0 Å². The summed E-state index contributed by atoms with van der Waals surface area (Å²) in [5.41, 5.74) is 0. The summed E-state index contributed by atoms with van der Waals surface area (Å²) in [6, 6.07) is 0. The summed E-state index contributed by atoms with van der Waals surface area (Å²) < 4.78 is 16.6. The summed E-state index contributed by atoms with van der Waals surface area (Å²) in [5, 5.41) is 68.8. The molecule has 0 radical (unpaired) electrons. The number of unbranched alkanes of at least 4 members (excludes halogenated alkanes) is 9. The van der Waals surface area contributed by atoms with E-state index in [1.165, 1.54) is 44.9 Å². The van der Waals surface area contributed by atoms with Gasteiger partial charge in [-0.05, 0) is 12.8 Å². The third-order valence-corrected chi connectivity index (χ3v) is 6.27. The summed E-state index contributed by atoms with van der Waals surface area (Å²) in [6.45, 7) is 1.20. The van der Waals surface area contributed by atoms with Gasteiger partial charge in [0.15, 0.2) is 6.29 Å². The molecule has 1 fully saturated rings. The molecule has 204 valence electrons. The normalized spacial score (nSPS) is 28.1. The van der Waals surface area contributed by atoms with Gasteiger partial charge < -0.3 is 50.0 Å². The van der Waals surface area contributed by atoms with Gasteiger partial charge >= 0.3 is 0 Å². The topological polar surface area (TPSA) is 169 Å². The SMILES string of the molecule is CCCCCCCCCCCCO[C@@H]1O[C@H](CO)[C@@H](OC[C@H](O)[C@@H](O)[C@H](O)CCO)[C@H](O)[C@H]1O. The number of hydrogen-bond donors (Lipinski definition) is 7. The maximum absolute atomic E-state index is 10.5. The molecule has 10 heteroatoms. The zero-order valence-electron chi connectivity index (χ0n) is 20.6. The maximum Gasteiger partial charge on any atom is 0.186 e. The van der Waals surface area contributed by atoms with E-state index in [2.05, 4.69) is 6.92 Å². The van der Waals surface area contributed by atoms with E-state index in [0.717, 1.165) is 19.3 Å². The first-order valence-electron chi connectivity index (χ1n) is 12.9. The molecule has 8 atom stereocenters. The molecule has 10 nitrogen and oxygen atoms in total. The van der Waals surface area contributed by atoms with Crippen LogP contribution in [-0.2, 0) is 14.2 Å². The van der Waals surface area contributed by atoms with E-state index in [-0.39, 0.29) is 13.0 Å². The van der Waals surface area contributed by atoms with Crippen LogP contribution < -0.4 is 0 Å². The minimum absolute atomic E-state index is 0.122. The molecule has 34 heavy (non-hydrogen) atoms. The molecule has 1 heterocycles. The highest BCUT2D eigenvalue weighted by atomic mass is 16.7. The summed E-state index contributed by atoms with van der Waals surface area (Å²) in [7, 11) is 0. The Labute approximate surface area is 203 Å². The predicted octanol–water partition coefficient (Wildman–Crippen LogP) is 0.213. The van der Waals surface area contributed by atoms with E-state index in [4.69, 9.17) is 19.3 Å². The molecule has 0 aromatic heterocycles. The van der Waals surface area contributed by atoms with Crippen molar-refractivity contribution in [2.24, 2.45) is 0 Å². The molecule has 0 saturated carbocycles. The molecule has 7 N–H and O–H groups in total. The van der Waals surface area contributed by atoms with Crippen LogP contribution in [0.25, 0.3) is 0 Å². The van der Waals surface area contributed by atoms with Crippen LogP contribution in [-0.4, -0.2) is 111 Å². The number of aliphatic hydroxyl groups excluding tert-OH is 7. The van der Waals surface area contributed by atoms with Crippen LogP contribution in [0.2, 0.25) is 0 Å². The lowest BCUT2D eigenvalue weighted by Crippen LogP contribution is -2.60. The van der Waals surface area contributed by atoms with Gasteiger partial charge in [-0.3, -0.25) is 0 Å². The third-order valence-electron chi connectivity index (χ3n) is 6.27. The van der Waals surface area contributed by atoms with E-state index in [1.54, 1.807) is 0 Å². The third kappa shape index (κ3) is 11.6. The first-order valence-corrected chi connectivity index (χ1v) is 12.9. The number of rotatable bonds is 20. The Kier molecular flexibility index (Phi) is 17.5. The summed E-state index contributed by atoms with van der Waals surface area (Å²) in [6.07, 6.45) is 1.10. The Hall–Kier alpha value is -0.400. The van der Waals surface area contributed by atoms with Crippen molar-refractivity contribution < 1.29 is 50.0 Å². The van der Waals surface area contributed by atoms with Crippen LogP contribution in [0.4, 0.5) is 0 Å². The summed E-state index contributed by atoms with van der Waals surface area (Å²) >= 11 is 0. The molecule has 0 spiro atoms. The fourth-order valence-corrected chi connectivity index (χ4v) is 4.05. The lowest BCUT2D eigenvalue weighted by molar-refractivity contribution is -0.310. The fraction of sp³-hybridized carbons (Fsp3) is 1.00. The predicted molar refractivity (Wildman–Crippen MR) is 125 cm³/mol. The zero-order valence-corrected chi connectivity index (χ0v) is 20.6. The number of aliphatic hydroxyl groups is 7. The van der Waals surface area contributed by atoms with Crippen molar-refractivity contribution in [2.75, 3.05) is 26.4 Å². The zero-order chi connectivity index (χ0) is 25.3. The van der Waals surface area contributed by atoms with Crippen molar-refractivity contribution in [3.05, 3.63) is 0 Å². The molecule has 0 bridgehead atoms. The average Bonchev–Trinajstić information content (AvgIpc) is 2.83. The van der Waals surface area contributed by atoms with E-state index in [1.807, 2.05) is 0 Å². The smallest absolute Gasteiger partial charge is 0.186 e. The Bertz CT molecular complexity index is 481. The van der Waals surface area contributed by atoms with Gasteiger partial charge in [-0.15, -0.1) is 0 Å². The molecule has 0 unspecified atom stereocenters. The highest BCUT2D eigenvalue weighted by Gasteiger charge is 2.46. The van der Waals surface area contributed by atoms with E-state index >= 15 is 0 Å². The standard InChI is InChI=1S/C24H48O10/c1-2-3-4-5-6-7-8-9-10-11-14-32-24-22(31)21(30)23(19(15-26)34-24)33-16-18(28)20(29)17(27)12-13-25/h17-31H,2-16H2,1H3/t17-,18+,19-,20+,21-,22-,23-,24-/m1/s1. The molecular formula is C24H48O10. The molecule has 1 rings (SSSR count). The maximum atomic E-state index is 10.5. The van der Waals surface area contributed by atoms with Crippen LogP contribution in [0.15, 0.2) is 0 Å². The molecule has 0 aromatic rings. The monoisotopic (exact) mass is 496 g/mol. The second-order valence-corrected chi connectivity index (χ2v) is 9.19. The summed E-state index contributed by atoms with van der Waals surface area (Å²) in [5.74, 6) is 0. The molecule has 0 amide bonds. The minimum Gasteiger partial charge on any atom is -0.396 e. The Morgan fingerprint density at radius 1 is 0.765 bits per heavy atom. The fourth-order valence-electron chi connectivity index (χ4n) is 4.05. The molecule has 0 aromatic carbocycles. The Morgan fingerprint density at radius 2 is 1.35 bits per heavy atom. The first kappa shape index (κ1) is 31.6. The van der Waals surface area contributed by atoms with Crippen molar-refractivity contribution in [3.63, 3.8) is 0 Å². The minimum atomic E-state index is -1.57. The van der Waals surface area contributed by atoms with Crippen LogP contribution in [0, 0.1) is 0 Å². The Morgan fingerprint density at radius 3 is 1.91 bits per heavy atom. The quantitative estimate of drug-likeness (QED) is 0.116. The van der Waals surface area contributed by atoms with Crippen molar-refractivity contribution in [3.8, 4) is 0 Å². The number of ether oxygens (including phenoxy) is 3. The average molecular weight is 497 g/mol. The largest absolute Gasteiger partial charge is 0.396 e. The first-order chi connectivity index (χ1) is 16.4. The van der Waals surface area contributed by atoms with E-state index in [9.17, 15) is 30.6 Å². The molecule has 1 aliphatic rings. The Balaban J connectivity index is 2.32. The number of hydrogen-bond acceptors (Lipinski definition) is 10. The van der Waals surface area contributed by atoms with Crippen molar-refractivity contribution in [2.45, 2.75) is 127 Å². The highest BCUT2D eigenvalue weighted by molar-refractivity contribution is 4.91. The van der Waals surface area contributed by atoms with Crippen molar-refractivity contribution in [1.29, 1.82) is 0 Å². The molecular weight excluding hydrogens is 448 g/mol. The van der Waals surface area contributed by atoms with Gasteiger partial charge in [0.25, 0.3) is 0 Å². The van der Waals surface area contributed by atoms with Crippen molar-refractivity contribution >= 4 is 0 Å². The van der Waals surface area contributed by atoms with Gasteiger partial charge in [-0.2, -0.15) is 0 Å². The van der Waals surface area contributed by atoms with Gasteiger partial charge in [-0.25, -0.2) is 0 Å².